The number of aromatic nitrogens is 8. The van der Waals surface area contributed by atoms with Gasteiger partial charge < -0.3 is 0 Å². The predicted octanol–water partition coefficient (Wildman–Crippen LogP) is 18.4. The molecule has 0 aliphatic heterocycles. The van der Waals surface area contributed by atoms with Gasteiger partial charge in [0.2, 0.25) is 22.8 Å². The van der Waals surface area contributed by atoms with Crippen molar-refractivity contribution < 1.29 is 42.9 Å². The van der Waals surface area contributed by atoms with Gasteiger partial charge in [0, 0.05) is 166 Å². The van der Waals surface area contributed by atoms with Crippen LogP contribution in [-0.2, 0) is 60.2 Å². The van der Waals surface area contributed by atoms with Gasteiger partial charge in [-0.1, -0.05) is 83.1 Å². The molecule has 0 saturated carbocycles. The fraction of sp³-hybridized carbons (Fsp3) is 0.289. The number of hydrogen-bond donors (Lipinski definition) is 0. The summed E-state index contributed by atoms with van der Waals surface area (Å²) in [5.74, 6) is -0.667. The van der Waals surface area contributed by atoms with E-state index < -0.39 is 51.9 Å². The normalized spacial score (nSPS) is 16.0. The lowest BCUT2D eigenvalue weighted by atomic mass is 9.87. The van der Waals surface area contributed by atoms with E-state index in [1.165, 1.54) is 44.6 Å². The van der Waals surface area contributed by atoms with E-state index in [-0.39, 0.29) is 22.8 Å². The molecule has 0 radical (unpaired) electrons. The van der Waals surface area contributed by atoms with Crippen LogP contribution < -0.4 is 18.3 Å². The largest absolute Gasteiger partial charge is 0.257 e. The lowest BCUT2D eigenvalue weighted by molar-refractivity contribution is -0.660. The number of hydrogen-bond acceptors (Lipinski definition) is 4. The Balaban J connectivity index is 0.000000135. The van der Waals surface area contributed by atoms with Crippen molar-refractivity contribution in [2.75, 3.05) is 0 Å². The van der Waals surface area contributed by atoms with Gasteiger partial charge in [-0.2, -0.15) is 0 Å². The SMILES string of the molecule is [2H]C([2H])([2H])c1ccc(-c2ccc3c(c2C)Cc2nc(C([2H])([2H])[2H])ccc2-3)[n+](C)c1.[2H]C([2H])([2H])c1ccc2c(n1)Cc1c-2ccc(-c2cc(C([2H])(C)C)cc[n+]2C)c1C.[2H]C([2H])([2H])c1ccc2c(n1)Cc1c-2ccc(-c2cc(C([2H])([2H])C(C)(C)C)cc[n+]2C)c1C.[2H]C([2H])([2H])c1ccc2c(n1)Cc1c-2ccc(-c2cc(C)cc[n+]2C)c1C. The third kappa shape index (κ3) is 13.0. The summed E-state index contributed by atoms with van der Waals surface area (Å²) in [6.07, 6.45) is 8.68. The highest BCUT2D eigenvalue weighted by Gasteiger charge is 2.30. The number of rotatable bonds is 6. The summed E-state index contributed by atoms with van der Waals surface area (Å²) in [6, 6.07) is 46.4. The molecule has 0 unspecified atom stereocenters. The highest BCUT2D eigenvalue weighted by molar-refractivity contribution is 5.85. The summed E-state index contributed by atoms with van der Waals surface area (Å²) in [5.41, 5.74) is 32.8. The number of fused-ring (bicyclic) bond motifs is 12. The number of nitrogens with zero attached hydrogens (tertiary/aromatic N) is 8. The van der Waals surface area contributed by atoms with Crippen LogP contribution in [0.4, 0.5) is 0 Å². The minimum Gasteiger partial charge on any atom is -0.257 e. The Morgan fingerprint density at radius 3 is 1.09 bits per heavy atom. The van der Waals surface area contributed by atoms with Gasteiger partial charge in [-0.05, 0) is 225 Å². The summed E-state index contributed by atoms with van der Waals surface area (Å²) < 4.78 is 148. The van der Waals surface area contributed by atoms with Crippen molar-refractivity contribution in [3.05, 3.63) is 283 Å². The molecule has 4 aliphatic carbocycles. The van der Waals surface area contributed by atoms with Crippen molar-refractivity contribution in [1.82, 2.24) is 19.9 Å². The van der Waals surface area contributed by atoms with E-state index in [4.69, 9.17) is 24.7 Å². The van der Waals surface area contributed by atoms with E-state index in [0.717, 1.165) is 123 Å². The smallest absolute Gasteiger partial charge is 0.212 e. The molecule has 0 bridgehead atoms. The molecular weight excluding hydrogens is 1190 g/mol. The Hall–Kier alpha value is -9.92. The fourth-order valence-electron chi connectivity index (χ4n) is 14.6. The summed E-state index contributed by atoms with van der Waals surface area (Å²) in [6.45, 7) is 9.08. The summed E-state index contributed by atoms with van der Waals surface area (Å²) in [5, 5.41) is 0. The summed E-state index contributed by atoms with van der Waals surface area (Å²) >= 11 is 0. The molecule has 4 aromatic carbocycles. The standard InChI is InChI=1S/C25H29N2.C23H25N2.2C21H21N2/c1-16-7-8-21-20-10-9-19(17(2)22(20)14-23(21)26-16)24-13-18(11-12-27(24)6)15-25(3,4)5;1-14(2)17-10-11-25(5)23(12-17)18-8-9-19-20-7-6-15(3)24-22(20)13-21(19)16(18)4;1-13-5-10-21(23(4)12-13)16-8-9-17-18-7-6-14(2)22-20(18)11-19(17)15(16)3;1-13-9-10-23(4)21(11-13)16-7-8-17-18-6-5-14(2)22-20(18)12-19(17)15(16)3/h7-13H,14-15H2,1-6H3;6-12,14H,13H2,1-5H3;5-10,12H,11H2,1-4H3;5-11H,12H2,1-4H3/q4*+1/i1D3,15D2;3D3,14D;1D3,2D3;2D3. The maximum atomic E-state index is 8.69. The molecule has 0 spiro atoms. The van der Waals surface area contributed by atoms with E-state index in [2.05, 4.69) is 125 Å². The zero-order valence-corrected chi connectivity index (χ0v) is 58.6. The molecular formula is C90H96N8+4. The minimum absolute atomic E-state index is 0.119. The van der Waals surface area contributed by atoms with Crippen LogP contribution in [-0.4, -0.2) is 19.9 Å². The van der Waals surface area contributed by atoms with Crippen LogP contribution in [0.2, 0.25) is 0 Å². The number of benzene rings is 4. The Morgan fingerprint density at radius 1 is 0.378 bits per heavy atom. The number of pyridine rings is 8. The van der Waals surface area contributed by atoms with Crippen molar-refractivity contribution >= 4 is 0 Å². The van der Waals surface area contributed by atoms with Crippen LogP contribution >= 0.6 is 0 Å². The Bertz CT molecular complexity index is 5950. The molecule has 492 valence electrons. The quantitative estimate of drug-likeness (QED) is 0.156. The van der Waals surface area contributed by atoms with Gasteiger partial charge in [0.05, 0.1) is 22.8 Å². The van der Waals surface area contributed by atoms with Crippen LogP contribution in [0.1, 0.15) is 177 Å². The van der Waals surface area contributed by atoms with Crippen molar-refractivity contribution in [2.45, 2.75) is 141 Å². The molecule has 0 amide bonds. The maximum Gasteiger partial charge on any atom is 0.212 e. The average Bonchev–Trinajstić information content (AvgIpc) is 1.76. The zero-order chi connectivity index (χ0) is 84.5. The first-order chi connectivity index (χ1) is 53.9. The van der Waals surface area contributed by atoms with Crippen LogP contribution in [0.25, 0.3) is 89.5 Å². The number of aryl methyl sites for hydroxylation is 10. The summed E-state index contributed by atoms with van der Waals surface area (Å²) in [7, 11) is 7.88. The lowest BCUT2D eigenvalue weighted by Crippen LogP contribution is -2.31. The molecule has 8 aromatic heterocycles. The van der Waals surface area contributed by atoms with E-state index >= 15 is 0 Å². The van der Waals surface area contributed by atoms with Gasteiger partial charge in [0.15, 0.2) is 24.8 Å². The van der Waals surface area contributed by atoms with E-state index in [1.54, 1.807) is 36.5 Å². The summed E-state index contributed by atoms with van der Waals surface area (Å²) in [4.78, 5) is 17.8. The third-order valence-corrected chi connectivity index (χ3v) is 19.8. The van der Waals surface area contributed by atoms with Crippen LogP contribution in [0.15, 0.2) is 170 Å². The second-order valence-corrected chi connectivity index (χ2v) is 27.8. The van der Waals surface area contributed by atoms with Crippen molar-refractivity contribution in [1.29, 1.82) is 0 Å². The van der Waals surface area contributed by atoms with E-state index in [9.17, 15) is 0 Å². The first-order valence-corrected chi connectivity index (χ1v) is 33.4. The molecule has 0 N–H and O–H groups in total. The fourth-order valence-corrected chi connectivity index (χ4v) is 14.6. The van der Waals surface area contributed by atoms with Gasteiger partial charge in [-0.25, -0.2) is 18.3 Å². The molecule has 8 heteroatoms. The second-order valence-electron chi connectivity index (χ2n) is 27.8. The molecule has 8 nitrogen and oxygen atoms in total. The first-order valence-electron chi connectivity index (χ1n) is 42.4. The van der Waals surface area contributed by atoms with Crippen LogP contribution in [0.3, 0.4) is 0 Å². The molecule has 16 rings (SSSR count). The van der Waals surface area contributed by atoms with Gasteiger partial charge in [-0.3, -0.25) is 19.9 Å². The molecule has 0 fully saturated rings. The lowest BCUT2D eigenvalue weighted by Gasteiger charge is -2.18. The Kier molecular flexibility index (Phi) is 12.9. The van der Waals surface area contributed by atoms with Gasteiger partial charge in [-0.15, -0.1) is 0 Å². The first kappa shape index (κ1) is 47.9. The molecule has 98 heavy (non-hydrogen) atoms. The highest BCUT2D eigenvalue weighted by atomic mass is 14.9. The highest BCUT2D eigenvalue weighted by Crippen LogP contribution is 2.45. The molecule has 8 heterocycles. The van der Waals surface area contributed by atoms with Gasteiger partial charge in [0.1, 0.15) is 28.2 Å². The topological polar surface area (TPSA) is 67.1 Å². The Morgan fingerprint density at radius 2 is 0.724 bits per heavy atom. The predicted molar refractivity (Wildman–Crippen MR) is 401 cm³/mol. The van der Waals surface area contributed by atoms with Crippen molar-refractivity contribution in [3.8, 4) is 89.5 Å². The molecule has 4 aliphatic rings. The van der Waals surface area contributed by atoms with Gasteiger partial charge >= 0.3 is 0 Å². The second kappa shape index (κ2) is 26.5. The van der Waals surface area contributed by atoms with E-state index in [1.807, 2.05) is 145 Å². The van der Waals surface area contributed by atoms with E-state index in [0.29, 0.717) is 36.8 Å². The zero-order valence-electron chi connectivity index (χ0n) is 76.6. The Labute approximate surface area is 607 Å². The van der Waals surface area contributed by atoms with Crippen molar-refractivity contribution in [2.24, 2.45) is 33.6 Å². The monoisotopic (exact) mass is 1310 g/mol. The minimum atomic E-state index is -2.22. The van der Waals surface area contributed by atoms with Crippen LogP contribution in [0.5, 0.6) is 0 Å². The third-order valence-electron chi connectivity index (χ3n) is 19.8. The van der Waals surface area contributed by atoms with Gasteiger partial charge in [0.25, 0.3) is 0 Å². The molecule has 12 aromatic rings. The molecule has 0 atom stereocenters. The van der Waals surface area contributed by atoms with Crippen LogP contribution in [0, 0.1) is 74.3 Å². The van der Waals surface area contributed by atoms with Crippen molar-refractivity contribution in [3.63, 3.8) is 0 Å². The average molecular weight is 1310 g/mol. The maximum absolute atomic E-state index is 8.69. The molecule has 0 saturated heterocycles.